The number of nitrogens with zero attached hydrogens (tertiary/aromatic N) is 1. The van der Waals surface area contributed by atoms with Crippen molar-refractivity contribution in [3.05, 3.63) is 34.9 Å². The number of urea groups is 1. The molecule has 126 valence electrons. The van der Waals surface area contributed by atoms with Gasteiger partial charge < -0.3 is 16.0 Å². The van der Waals surface area contributed by atoms with Crippen molar-refractivity contribution in [2.24, 2.45) is 5.73 Å². The third-order valence-electron chi connectivity index (χ3n) is 4.57. The van der Waals surface area contributed by atoms with E-state index in [2.05, 4.69) is 37.4 Å². The predicted octanol–water partition coefficient (Wildman–Crippen LogP) is 2.29. The number of nitrogens with one attached hydrogen (secondary N) is 1. The molecule has 1 aliphatic heterocycles. The van der Waals surface area contributed by atoms with E-state index >= 15 is 0 Å². The normalized spacial score (nSPS) is 17.8. The molecule has 1 aromatic rings. The Kier molecular flexibility index (Phi) is 6.02. The topological polar surface area (TPSA) is 75.4 Å². The Balaban J connectivity index is 1.93. The van der Waals surface area contributed by atoms with Crippen molar-refractivity contribution in [3.63, 3.8) is 0 Å². The van der Waals surface area contributed by atoms with Crippen molar-refractivity contribution in [1.29, 1.82) is 0 Å². The smallest absolute Gasteiger partial charge is 0.312 e. The lowest BCUT2D eigenvalue weighted by molar-refractivity contribution is -0.134. The molecule has 0 spiro atoms. The van der Waals surface area contributed by atoms with Gasteiger partial charge in [0.15, 0.2) is 0 Å². The minimum Gasteiger partial charge on any atom is -0.352 e. The molecule has 2 rings (SSSR count). The van der Waals surface area contributed by atoms with Crippen molar-refractivity contribution < 1.29 is 9.59 Å². The lowest BCUT2D eigenvalue weighted by atomic mass is 9.99. The molecule has 1 aromatic carbocycles. The molecule has 1 fully saturated rings. The first kappa shape index (κ1) is 17.3. The van der Waals surface area contributed by atoms with Crippen LogP contribution in [0.2, 0.25) is 0 Å². The Morgan fingerprint density at radius 1 is 1.30 bits per heavy atom. The molecular formula is C18H27N3O2. The molecule has 5 heteroatoms. The Bertz CT molecular complexity index is 571. The van der Waals surface area contributed by atoms with Crippen LogP contribution in [0.5, 0.6) is 0 Å². The van der Waals surface area contributed by atoms with Crippen LogP contribution in [-0.4, -0.2) is 36.0 Å². The van der Waals surface area contributed by atoms with Crippen LogP contribution in [0.1, 0.15) is 42.4 Å². The minimum absolute atomic E-state index is 0.0721. The maximum absolute atomic E-state index is 12.6. The van der Waals surface area contributed by atoms with Gasteiger partial charge in [0.2, 0.25) is 5.91 Å². The molecular weight excluding hydrogens is 290 g/mol. The summed E-state index contributed by atoms with van der Waals surface area (Å²) < 4.78 is 0. The van der Waals surface area contributed by atoms with Crippen LogP contribution >= 0.6 is 0 Å². The molecule has 1 atom stereocenters. The summed E-state index contributed by atoms with van der Waals surface area (Å²) in [5, 5.41) is 2.63. The van der Waals surface area contributed by atoms with E-state index in [0.29, 0.717) is 13.0 Å². The average molecular weight is 317 g/mol. The third-order valence-corrected chi connectivity index (χ3v) is 4.57. The maximum Gasteiger partial charge on any atom is 0.312 e. The van der Waals surface area contributed by atoms with Gasteiger partial charge in [-0.2, -0.15) is 0 Å². The van der Waals surface area contributed by atoms with Crippen LogP contribution in [0.3, 0.4) is 0 Å². The van der Waals surface area contributed by atoms with Gasteiger partial charge in [-0.3, -0.25) is 4.79 Å². The van der Waals surface area contributed by atoms with E-state index in [4.69, 9.17) is 5.73 Å². The number of rotatable bonds is 5. The summed E-state index contributed by atoms with van der Waals surface area (Å²) in [7, 11) is 0. The van der Waals surface area contributed by atoms with Crippen LogP contribution in [0.25, 0.3) is 0 Å². The zero-order chi connectivity index (χ0) is 16.8. The first-order valence-electron chi connectivity index (χ1n) is 8.36. The maximum atomic E-state index is 12.6. The van der Waals surface area contributed by atoms with Gasteiger partial charge in [-0.05, 0) is 50.7 Å². The van der Waals surface area contributed by atoms with Gasteiger partial charge in [0, 0.05) is 25.6 Å². The van der Waals surface area contributed by atoms with Crippen molar-refractivity contribution in [1.82, 2.24) is 10.2 Å². The number of carbonyl (C=O) groups is 2. The van der Waals surface area contributed by atoms with E-state index in [9.17, 15) is 9.59 Å². The van der Waals surface area contributed by atoms with Gasteiger partial charge in [-0.25, -0.2) is 4.79 Å². The Morgan fingerprint density at radius 2 is 2.09 bits per heavy atom. The van der Waals surface area contributed by atoms with Gasteiger partial charge in [0.05, 0.1) is 0 Å². The molecule has 0 bridgehead atoms. The fraction of sp³-hybridized carbons (Fsp3) is 0.556. The molecule has 0 radical (unpaired) electrons. The number of primary amides is 1. The molecule has 1 aliphatic rings. The average Bonchev–Trinajstić information content (AvgIpc) is 2.52. The zero-order valence-electron chi connectivity index (χ0n) is 14.1. The molecule has 1 saturated heterocycles. The van der Waals surface area contributed by atoms with E-state index in [1.807, 2.05) is 4.90 Å². The van der Waals surface area contributed by atoms with E-state index in [0.717, 1.165) is 32.2 Å². The summed E-state index contributed by atoms with van der Waals surface area (Å²) in [6.07, 6.45) is 4.32. The van der Waals surface area contributed by atoms with Crippen LogP contribution in [0, 0.1) is 13.8 Å². The largest absolute Gasteiger partial charge is 0.352 e. The molecule has 3 amide bonds. The van der Waals surface area contributed by atoms with Gasteiger partial charge in [-0.15, -0.1) is 0 Å². The summed E-state index contributed by atoms with van der Waals surface area (Å²) in [6, 6.07) is 5.90. The van der Waals surface area contributed by atoms with E-state index in [1.165, 1.54) is 16.7 Å². The van der Waals surface area contributed by atoms with Gasteiger partial charge in [0.25, 0.3) is 0 Å². The highest BCUT2D eigenvalue weighted by Crippen LogP contribution is 2.19. The number of hydrogen-bond donors (Lipinski definition) is 2. The summed E-state index contributed by atoms with van der Waals surface area (Å²) in [6.45, 7) is 5.39. The quantitative estimate of drug-likeness (QED) is 0.874. The number of benzene rings is 1. The first-order valence-corrected chi connectivity index (χ1v) is 8.36. The van der Waals surface area contributed by atoms with Crippen molar-refractivity contribution in [3.8, 4) is 0 Å². The molecule has 5 nitrogen and oxygen atoms in total. The van der Waals surface area contributed by atoms with Crippen molar-refractivity contribution in [2.75, 3.05) is 13.1 Å². The monoisotopic (exact) mass is 317 g/mol. The molecule has 3 N–H and O–H groups in total. The fourth-order valence-corrected chi connectivity index (χ4v) is 3.27. The third kappa shape index (κ3) is 4.98. The zero-order valence-corrected chi connectivity index (χ0v) is 14.1. The molecule has 23 heavy (non-hydrogen) atoms. The lowest BCUT2D eigenvalue weighted by Gasteiger charge is -2.36. The van der Waals surface area contributed by atoms with E-state index in [-0.39, 0.29) is 11.9 Å². The Morgan fingerprint density at radius 3 is 2.78 bits per heavy atom. The number of nitrogens with two attached hydrogens (primary N) is 1. The second-order valence-electron chi connectivity index (χ2n) is 6.41. The molecule has 0 saturated carbocycles. The number of piperidine rings is 1. The predicted molar refractivity (Wildman–Crippen MR) is 91.2 cm³/mol. The highest BCUT2D eigenvalue weighted by atomic mass is 16.2. The van der Waals surface area contributed by atoms with Crippen molar-refractivity contribution >= 4 is 11.9 Å². The van der Waals surface area contributed by atoms with Crippen molar-refractivity contribution in [2.45, 2.75) is 52.0 Å². The summed E-state index contributed by atoms with van der Waals surface area (Å²) in [5.74, 6) is 0.168. The fourth-order valence-electron chi connectivity index (χ4n) is 3.27. The molecule has 0 aromatic heterocycles. The Hall–Kier alpha value is -2.04. The molecule has 1 heterocycles. The SMILES string of the molecule is Cc1ccc(CCC(=O)N2CCCC[C@@H]2CNC(N)=O)c(C)c1. The van der Waals surface area contributed by atoms with E-state index in [1.54, 1.807) is 0 Å². The van der Waals surface area contributed by atoms with Crippen LogP contribution in [-0.2, 0) is 11.2 Å². The minimum atomic E-state index is -0.529. The van der Waals surface area contributed by atoms with Crippen LogP contribution in [0.4, 0.5) is 4.79 Å². The van der Waals surface area contributed by atoms with Crippen LogP contribution < -0.4 is 11.1 Å². The van der Waals surface area contributed by atoms with Gasteiger partial charge in [0.1, 0.15) is 0 Å². The van der Waals surface area contributed by atoms with E-state index < -0.39 is 6.03 Å². The highest BCUT2D eigenvalue weighted by Gasteiger charge is 2.26. The second-order valence-corrected chi connectivity index (χ2v) is 6.41. The summed E-state index contributed by atoms with van der Waals surface area (Å²) in [4.78, 5) is 25.4. The van der Waals surface area contributed by atoms with Gasteiger partial charge >= 0.3 is 6.03 Å². The summed E-state index contributed by atoms with van der Waals surface area (Å²) in [5.41, 5.74) is 8.85. The second kappa shape index (κ2) is 7.99. The van der Waals surface area contributed by atoms with Gasteiger partial charge in [-0.1, -0.05) is 23.8 Å². The number of hydrogen-bond acceptors (Lipinski definition) is 2. The van der Waals surface area contributed by atoms with Crippen LogP contribution in [0.15, 0.2) is 18.2 Å². The number of carbonyl (C=O) groups excluding carboxylic acids is 2. The summed E-state index contributed by atoms with van der Waals surface area (Å²) >= 11 is 0. The number of amides is 3. The first-order chi connectivity index (χ1) is 11.0. The highest BCUT2D eigenvalue weighted by molar-refractivity contribution is 5.77. The molecule has 0 unspecified atom stereocenters. The Labute approximate surface area is 138 Å². The number of aryl methyl sites for hydroxylation is 3. The molecule has 0 aliphatic carbocycles. The number of likely N-dealkylation sites (tertiary alicyclic amines) is 1. The standard InChI is InChI=1S/C18H27N3O2/c1-13-6-7-15(14(2)11-13)8-9-17(22)21-10-4-3-5-16(21)12-20-18(19)23/h6-7,11,16H,3-5,8-10,12H2,1-2H3,(H3,19,20,23)/t16-/m1/s1. The lowest BCUT2D eigenvalue weighted by Crippen LogP contribution is -2.50.